The van der Waals surface area contributed by atoms with Gasteiger partial charge in [0.2, 0.25) is 0 Å². The predicted octanol–water partition coefficient (Wildman–Crippen LogP) is 2.46. The average molecular weight is 228 g/mol. The summed E-state index contributed by atoms with van der Waals surface area (Å²) in [5.41, 5.74) is 0.893. The summed E-state index contributed by atoms with van der Waals surface area (Å²) in [5, 5.41) is 0.712. The largest absolute Gasteiger partial charge is 0.695 e. The second-order valence-electron chi connectivity index (χ2n) is 2.59. The number of fused-ring (bicyclic) bond motifs is 1. The van der Waals surface area contributed by atoms with Crippen LogP contribution in [-0.4, -0.2) is 9.88 Å². The molecule has 0 radical (unpaired) electrons. The highest BCUT2D eigenvalue weighted by atomic mass is 32.1. The third kappa shape index (κ3) is 2.13. The van der Waals surface area contributed by atoms with Gasteiger partial charge in [-0.2, -0.15) is 0 Å². The van der Waals surface area contributed by atoms with Crippen LogP contribution in [0.2, 0.25) is 0 Å². The van der Waals surface area contributed by atoms with Gasteiger partial charge in [0.1, 0.15) is 5.01 Å². The van der Waals surface area contributed by atoms with Gasteiger partial charge in [0, 0.05) is 4.57 Å². The van der Waals surface area contributed by atoms with E-state index in [0.717, 1.165) is 10.2 Å². The van der Waals surface area contributed by atoms with E-state index in [-0.39, 0.29) is 6.61 Å². The third-order valence-electron chi connectivity index (χ3n) is 1.64. The van der Waals surface area contributed by atoms with Crippen LogP contribution in [-0.2, 0) is 15.7 Å². The van der Waals surface area contributed by atoms with Gasteiger partial charge in [-0.3, -0.25) is 0 Å². The van der Waals surface area contributed by atoms with Crippen LogP contribution in [0, 0.1) is 0 Å². The summed E-state index contributed by atoms with van der Waals surface area (Å²) in [6, 6.07) is 7.68. The molecule has 0 spiro atoms. The lowest BCUT2D eigenvalue weighted by molar-refractivity contribution is 0.272. The van der Waals surface area contributed by atoms with Crippen LogP contribution in [0.1, 0.15) is 5.01 Å². The van der Waals surface area contributed by atoms with Gasteiger partial charge in [0.05, 0.1) is 10.2 Å². The zero-order valence-electron chi connectivity index (χ0n) is 7.08. The van der Waals surface area contributed by atoms with Gasteiger partial charge < -0.3 is 0 Å². The van der Waals surface area contributed by atoms with Gasteiger partial charge >= 0.3 is 8.25 Å². The van der Waals surface area contributed by atoms with Crippen molar-refractivity contribution in [3.63, 3.8) is 0 Å². The molecular weight excluding hydrogens is 221 g/mol. The van der Waals surface area contributed by atoms with Gasteiger partial charge in [-0.1, -0.05) is 12.1 Å². The Morgan fingerprint density at radius 2 is 2.29 bits per heavy atom. The van der Waals surface area contributed by atoms with Gasteiger partial charge in [-0.05, 0) is 12.1 Å². The van der Waals surface area contributed by atoms with Crippen molar-refractivity contribution in [3.05, 3.63) is 29.3 Å². The third-order valence-corrected chi connectivity index (χ3v) is 3.00. The van der Waals surface area contributed by atoms with Crippen LogP contribution in [0.25, 0.3) is 10.2 Å². The van der Waals surface area contributed by atoms with Crippen LogP contribution in [0.3, 0.4) is 0 Å². The zero-order valence-corrected chi connectivity index (χ0v) is 8.79. The van der Waals surface area contributed by atoms with Crippen molar-refractivity contribution in [3.8, 4) is 0 Å². The van der Waals surface area contributed by atoms with Crippen LogP contribution in [0.15, 0.2) is 24.3 Å². The number of hydrogen-bond donors (Lipinski definition) is 1. The van der Waals surface area contributed by atoms with Crippen molar-refractivity contribution in [2.24, 2.45) is 0 Å². The highest BCUT2D eigenvalue weighted by Crippen LogP contribution is 2.25. The summed E-state index contributed by atoms with van der Waals surface area (Å²) < 4.78 is 15.9. The molecule has 2 rings (SSSR count). The lowest BCUT2D eigenvalue weighted by Crippen LogP contribution is -1.82. The van der Waals surface area contributed by atoms with Crippen molar-refractivity contribution >= 4 is 29.8 Å². The lowest BCUT2D eigenvalue weighted by atomic mass is 10.3. The van der Waals surface area contributed by atoms with E-state index < -0.39 is 8.25 Å². The number of nitrogens with zero attached hydrogens (tertiary/aromatic N) is 1. The summed E-state index contributed by atoms with van der Waals surface area (Å²) >= 11 is 1.46. The number of benzene rings is 1. The van der Waals surface area contributed by atoms with Crippen molar-refractivity contribution < 1.29 is 14.0 Å². The minimum atomic E-state index is -2.54. The Balaban J connectivity index is 2.22. The fraction of sp³-hybridized carbons (Fsp3) is 0.125. The maximum atomic E-state index is 10.3. The molecule has 6 heteroatoms. The summed E-state index contributed by atoms with van der Waals surface area (Å²) in [5.74, 6) is 0. The number of hydrogen-bond acceptors (Lipinski definition) is 4. The molecule has 0 fully saturated rings. The molecule has 1 heterocycles. The molecule has 1 N–H and O–H groups in total. The maximum absolute atomic E-state index is 10.3. The standard InChI is InChI=1S/C8H6NO3PS/c10-13(11)12-5-8-9-6-3-1-2-4-7(6)14-8/h1-4H,5H2/p+1. The molecule has 1 atom stereocenters. The Labute approximate surface area is 85.1 Å². The number of thiazole rings is 1. The predicted molar refractivity (Wildman–Crippen MR) is 54.2 cm³/mol. The molecular formula is C8H7NO3PS+. The normalized spacial score (nSPS) is 11.9. The highest BCUT2D eigenvalue weighted by molar-refractivity contribution is 7.32. The Morgan fingerprint density at radius 3 is 3.00 bits per heavy atom. The average Bonchev–Trinajstić information content (AvgIpc) is 2.57. The number of para-hydroxylation sites is 1. The summed E-state index contributed by atoms with van der Waals surface area (Å²) in [4.78, 5) is 12.7. The van der Waals surface area contributed by atoms with Gasteiger partial charge in [-0.25, -0.2) is 4.98 Å². The number of aromatic nitrogens is 1. The summed E-state index contributed by atoms with van der Waals surface area (Å²) in [6.07, 6.45) is 0. The first-order chi connectivity index (χ1) is 6.75. The molecule has 1 aromatic heterocycles. The fourth-order valence-electron chi connectivity index (χ4n) is 1.09. The van der Waals surface area contributed by atoms with Crippen LogP contribution < -0.4 is 0 Å². The first-order valence-corrected chi connectivity index (χ1v) is 5.84. The van der Waals surface area contributed by atoms with E-state index in [1.165, 1.54) is 11.3 Å². The highest BCUT2D eigenvalue weighted by Gasteiger charge is 2.14. The minimum Gasteiger partial charge on any atom is -0.238 e. The Hall–Kier alpha value is -0.870. The number of rotatable bonds is 3. The second kappa shape index (κ2) is 4.11. The van der Waals surface area contributed by atoms with Crippen molar-refractivity contribution in [2.45, 2.75) is 6.61 Å². The minimum absolute atomic E-state index is 0.0883. The Morgan fingerprint density at radius 1 is 1.50 bits per heavy atom. The van der Waals surface area contributed by atoms with E-state index in [1.54, 1.807) is 0 Å². The zero-order chi connectivity index (χ0) is 9.97. The molecule has 0 saturated heterocycles. The topological polar surface area (TPSA) is 59.4 Å². The molecule has 14 heavy (non-hydrogen) atoms. The molecule has 1 unspecified atom stereocenters. The molecule has 0 aliphatic rings. The molecule has 72 valence electrons. The first kappa shape index (κ1) is 9.68. The monoisotopic (exact) mass is 228 g/mol. The van der Waals surface area contributed by atoms with Gasteiger partial charge in [0.25, 0.3) is 0 Å². The quantitative estimate of drug-likeness (QED) is 0.820. The van der Waals surface area contributed by atoms with E-state index >= 15 is 0 Å². The van der Waals surface area contributed by atoms with Gasteiger partial charge in [0.15, 0.2) is 6.61 Å². The van der Waals surface area contributed by atoms with E-state index in [2.05, 4.69) is 9.51 Å². The Kier molecular flexibility index (Phi) is 2.84. The van der Waals surface area contributed by atoms with E-state index in [4.69, 9.17) is 4.89 Å². The summed E-state index contributed by atoms with van der Waals surface area (Å²) in [7, 11) is -2.54. The fourth-order valence-corrected chi connectivity index (χ4v) is 2.29. The van der Waals surface area contributed by atoms with Gasteiger partial charge in [-0.15, -0.1) is 20.8 Å². The molecule has 0 aliphatic carbocycles. The Bertz CT molecular complexity index is 437. The smallest absolute Gasteiger partial charge is 0.238 e. The lowest BCUT2D eigenvalue weighted by Gasteiger charge is -1.82. The summed E-state index contributed by atoms with van der Waals surface area (Å²) in [6.45, 7) is 0.0883. The SMILES string of the molecule is O=[P+](O)OCc1nc2ccccc2s1. The molecule has 0 aliphatic heterocycles. The molecule has 0 saturated carbocycles. The van der Waals surface area contributed by atoms with E-state index in [1.807, 2.05) is 24.3 Å². The molecule has 0 amide bonds. The van der Waals surface area contributed by atoms with Crippen LogP contribution in [0.4, 0.5) is 0 Å². The van der Waals surface area contributed by atoms with Crippen LogP contribution in [0.5, 0.6) is 0 Å². The van der Waals surface area contributed by atoms with Crippen molar-refractivity contribution in [1.29, 1.82) is 0 Å². The molecule has 0 bridgehead atoms. The van der Waals surface area contributed by atoms with E-state index in [9.17, 15) is 4.57 Å². The molecule has 2 aromatic rings. The van der Waals surface area contributed by atoms with Crippen molar-refractivity contribution in [1.82, 2.24) is 4.98 Å². The van der Waals surface area contributed by atoms with Crippen LogP contribution >= 0.6 is 19.6 Å². The van der Waals surface area contributed by atoms with E-state index in [0.29, 0.717) is 5.01 Å². The first-order valence-electron chi connectivity index (χ1n) is 3.89. The van der Waals surface area contributed by atoms with Crippen molar-refractivity contribution in [2.75, 3.05) is 0 Å². The molecule has 1 aromatic carbocycles. The molecule has 4 nitrogen and oxygen atoms in total. The second-order valence-corrected chi connectivity index (χ2v) is 4.44. The maximum Gasteiger partial charge on any atom is 0.695 e.